The number of amides is 1. The lowest BCUT2D eigenvalue weighted by molar-refractivity contribution is -0.134. The third-order valence-corrected chi connectivity index (χ3v) is 6.49. The molecule has 0 bridgehead atoms. The highest BCUT2D eigenvalue weighted by Crippen LogP contribution is 2.34. The molecule has 1 saturated heterocycles. The molecular weight excluding hydrogens is 388 g/mol. The predicted molar refractivity (Wildman–Crippen MR) is 122 cm³/mol. The molecule has 0 radical (unpaired) electrons. The molecule has 2 aromatic heterocycles. The van der Waals surface area contributed by atoms with Crippen LogP contribution in [0, 0.1) is 5.92 Å². The molecule has 2 aliphatic rings. The fourth-order valence-corrected chi connectivity index (χ4v) is 5.00. The SMILES string of the molecule is CC(C)C[C@@H]1N[C@H](C(=O)N2CCN(c3cnccn3)CC2)Cc2c[nH]c3cccc1c23. The van der Waals surface area contributed by atoms with Crippen molar-refractivity contribution in [2.45, 2.75) is 38.8 Å². The van der Waals surface area contributed by atoms with Crippen molar-refractivity contribution in [2.75, 3.05) is 31.1 Å². The van der Waals surface area contributed by atoms with Crippen LogP contribution in [0.4, 0.5) is 5.82 Å². The minimum absolute atomic E-state index is 0.176. The largest absolute Gasteiger partial charge is 0.361 e. The Balaban J connectivity index is 1.35. The van der Waals surface area contributed by atoms with Crippen LogP contribution in [0.25, 0.3) is 10.9 Å². The Kier molecular flexibility index (Phi) is 5.36. The van der Waals surface area contributed by atoms with Crippen LogP contribution in [0.1, 0.15) is 37.4 Å². The molecule has 3 aromatic rings. The fourth-order valence-electron chi connectivity index (χ4n) is 5.00. The Bertz CT molecular complexity index is 1050. The number of aromatic nitrogens is 3. The second-order valence-electron chi connectivity index (χ2n) is 9.07. The zero-order chi connectivity index (χ0) is 21.4. The average Bonchev–Trinajstić information content (AvgIpc) is 3.13. The zero-order valence-corrected chi connectivity index (χ0v) is 18.2. The maximum absolute atomic E-state index is 13.6. The highest BCUT2D eigenvalue weighted by atomic mass is 16.2. The molecule has 1 fully saturated rings. The van der Waals surface area contributed by atoms with Crippen LogP contribution in [0.15, 0.2) is 43.0 Å². The summed E-state index contributed by atoms with van der Waals surface area (Å²) in [5.41, 5.74) is 3.71. The van der Waals surface area contributed by atoms with Crippen molar-refractivity contribution >= 4 is 22.6 Å². The summed E-state index contributed by atoms with van der Waals surface area (Å²) in [4.78, 5) is 29.8. The Hall–Kier alpha value is -2.93. The number of nitrogens with one attached hydrogen (secondary N) is 2. The number of aromatic amines is 1. The maximum Gasteiger partial charge on any atom is 0.240 e. The van der Waals surface area contributed by atoms with Gasteiger partial charge in [0, 0.05) is 61.7 Å². The van der Waals surface area contributed by atoms with Crippen molar-refractivity contribution < 1.29 is 4.79 Å². The van der Waals surface area contributed by atoms with Gasteiger partial charge in [-0.2, -0.15) is 0 Å². The minimum Gasteiger partial charge on any atom is -0.361 e. The van der Waals surface area contributed by atoms with E-state index in [0.29, 0.717) is 19.0 Å². The first-order chi connectivity index (χ1) is 15.1. The lowest BCUT2D eigenvalue weighted by Crippen LogP contribution is -2.55. The lowest BCUT2D eigenvalue weighted by Gasteiger charge is -2.37. The Morgan fingerprint density at radius 3 is 2.77 bits per heavy atom. The van der Waals surface area contributed by atoms with Gasteiger partial charge in [0.1, 0.15) is 5.82 Å². The highest BCUT2D eigenvalue weighted by Gasteiger charge is 2.33. The maximum atomic E-state index is 13.6. The van der Waals surface area contributed by atoms with Gasteiger partial charge in [-0.25, -0.2) is 4.98 Å². The summed E-state index contributed by atoms with van der Waals surface area (Å²) in [5, 5.41) is 5.03. The smallest absolute Gasteiger partial charge is 0.240 e. The Morgan fingerprint density at radius 1 is 1.19 bits per heavy atom. The van der Waals surface area contributed by atoms with E-state index in [1.54, 1.807) is 18.6 Å². The minimum atomic E-state index is -0.210. The number of piperazine rings is 1. The van der Waals surface area contributed by atoms with Gasteiger partial charge in [-0.3, -0.25) is 15.1 Å². The van der Waals surface area contributed by atoms with Gasteiger partial charge in [-0.1, -0.05) is 26.0 Å². The van der Waals surface area contributed by atoms with E-state index in [1.807, 2.05) is 4.90 Å². The summed E-state index contributed by atoms with van der Waals surface area (Å²) in [7, 11) is 0. The topological polar surface area (TPSA) is 77.2 Å². The van der Waals surface area contributed by atoms with Gasteiger partial charge >= 0.3 is 0 Å². The van der Waals surface area contributed by atoms with Crippen LogP contribution >= 0.6 is 0 Å². The molecule has 2 atom stereocenters. The Labute approximate surface area is 182 Å². The second-order valence-corrected chi connectivity index (χ2v) is 9.07. The average molecular weight is 419 g/mol. The number of H-pyrrole nitrogens is 1. The fraction of sp³-hybridized carbons (Fsp3) is 0.458. The van der Waals surface area contributed by atoms with E-state index in [9.17, 15) is 4.79 Å². The number of nitrogens with zero attached hydrogens (tertiary/aromatic N) is 4. The molecule has 7 nitrogen and oxygen atoms in total. The first-order valence-electron chi connectivity index (χ1n) is 11.2. The number of anilines is 1. The molecule has 5 rings (SSSR count). The third-order valence-electron chi connectivity index (χ3n) is 6.49. The molecule has 1 aromatic carbocycles. The van der Waals surface area contributed by atoms with Crippen LogP contribution in [-0.2, 0) is 11.2 Å². The van der Waals surface area contributed by atoms with Crippen LogP contribution in [0.5, 0.6) is 0 Å². The highest BCUT2D eigenvalue weighted by molar-refractivity contribution is 5.90. The molecule has 0 unspecified atom stereocenters. The monoisotopic (exact) mass is 418 g/mol. The van der Waals surface area contributed by atoms with Gasteiger partial charge in [-0.15, -0.1) is 0 Å². The summed E-state index contributed by atoms with van der Waals surface area (Å²) in [6.45, 7) is 7.46. The summed E-state index contributed by atoms with van der Waals surface area (Å²) in [6.07, 6.45) is 8.99. The van der Waals surface area contributed by atoms with E-state index < -0.39 is 0 Å². The van der Waals surface area contributed by atoms with Gasteiger partial charge in [0.15, 0.2) is 0 Å². The van der Waals surface area contributed by atoms with E-state index in [-0.39, 0.29) is 18.0 Å². The molecule has 31 heavy (non-hydrogen) atoms. The van der Waals surface area contributed by atoms with Gasteiger partial charge in [0.25, 0.3) is 0 Å². The van der Waals surface area contributed by atoms with Gasteiger partial charge < -0.3 is 14.8 Å². The summed E-state index contributed by atoms with van der Waals surface area (Å²) in [5.74, 6) is 1.62. The molecule has 0 saturated carbocycles. The van der Waals surface area contributed by atoms with Crippen molar-refractivity contribution in [3.8, 4) is 0 Å². The quantitative estimate of drug-likeness (QED) is 0.681. The number of benzene rings is 1. The van der Waals surface area contributed by atoms with Crippen molar-refractivity contribution in [3.05, 3.63) is 54.1 Å². The lowest BCUT2D eigenvalue weighted by atomic mass is 9.94. The molecule has 0 aliphatic carbocycles. The van der Waals surface area contributed by atoms with Gasteiger partial charge in [0.05, 0.1) is 12.2 Å². The summed E-state index contributed by atoms with van der Waals surface area (Å²) < 4.78 is 0. The van der Waals surface area contributed by atoms with Crippen LogP contribution < -0.4 is 10.2 Å². The first-order valence-corrected chi connectivity index (χ1v) is 11.2. The van der Waals surface area contributed by atoms with Crippen LogP contribution in [0.2, 0.25) is 0 Å². The van der Waals surface area contributed by atoms with Crippen molar-refractivity contribution in [3.63, 3.8) is 0 Å². The molecule has 1 amide bonds. The molecule has 2 aliphatic heterocycles. The standard InChI is InChI=1S/C24H30N6O/c1-16(2)12-20-18-4-3-5-19-23(18)17(14-27-19)13-21(28-20)24(31)30-10-8-29(9-11-30)22-15-25-6-7-26-22/h3-7,14-16,20-21,27-28H,8-13H2,1-2H3/t20-,21-/m0/s1. The summed E-state index contributed by atoms with van der Waals surface area (Å²) >= 11 is 0. The number of rotatable bonds is 4. The Morgan fingerprint density at radius 2 is 2.03 bits per heavy atom. The predicted octanol–water partition coefficient (Wildman–Crippen LogP) is 2.91. The van der Waals surface area contributed by atoms with Crippen LogP contribution in [0.3, 0.4) is 0 Å². The van der Waals surface area contributed by atoms with Crippen molar-refractivity contribution in [1.29, 1.82) is 0 Å². The number of carbonyl (C=O) groups is 1. The molecule has 162 valence electrons. The van der Waals surface area contributed by atoms with Crippen LogP contribution in [-0.4, -0.2) is 58.0 Å². The second kappa shape index (κ2) is 8.30. The van der Waals surface area contributed by atoms with E-state index in [4.69, 9.17) is 0 Å². The van der Waals surface area contributed by atoms with Crippen molar-refractivity contribution in [1.82, 2.24) is 25.2 Å². The molecule has 7 heteroatoms. The number of carbonyl (C=O) groups excluding carboxylic acids is 1. The van der Waals surface area contributed by atoms with E-state index in [2.05, 4.69) is 63.4 Å². The zero-order valence-electron chi connectivity index (χ0n) is 18.2. The number of hydrogen-bond acceptors (Lipinski definition) is 5. The summed E-state index contributed by atoms with van der Waals surface area (Å²) in [6, 6.07) is 6.42. The van der Waals surface area contributed by atoms with E-state index in [0.717, 1.165) is 37.3 Å². The molecule has 4 heterocycles. The normalized spacial score (nSPS) is 21.5. The first kappa shape index (κ1) is 20.0. The van der Waals surface area contributed by atoms with Gasteiger partial charge in [0.2, 0.25) is 5.91 Å². The van der Waals surface area contributed by atoms with Gasteiger partial charge in [-0.05, 0) is 36.0 Å². The third kappa shape index (κ3) is 3.90. The number of hydrogen-bond donors (Lipinski definition) is 2. The van der Waals surface area contributed by atoms with E-state index >= 15 is 0 Å². The van der Waals surface area contributed by atoms with Crippen molar-refractivity contribution in [2.24, 2.45) is 5.92 Å². The van der Waals surface area contributed by atoms with E-state index in [1.165, 1.54) is 16.5 Å². The molecular formula is C24H30N6O. The molecule has 0 spiro atoms. The molecule has 2 N–H and O–H groups in total.